The molecule has 0 aromatic heterocycles. The van der Waals surface area contributed by atoms with Gasteiger partial charge in [-0.05, 0) is 12.3 Å². The predicted molar refractivity (Wildman–Crippen MR) is 34.9 cm³/mol. The Morgan fingerprint density at radius 1 is 1.29 bits per heavy atom. The molecule has 1 N–H and O–H groups in total. The second kappa shape index (κ2) is 3.06. The quantitative estimate of drug-likeness (QED) is 0.738. The maximum Gasteiger partial charge on any atom is 0.453 e. The van der Waals surface area contributed by atoms with E-state index in [1.54, 1.807) is 0 Å². The third-order valence-corrected chi connectivity index (χ3v) is 2.17. The second-order valence-corrected chi connectivity index (χ2v) is 3.35. The molecule has 0 spiro atoms. The predicted octanol–water partition coefficient (Wildman–Crippen LogP) is 2.29. The first kappa shape index (κ1) is 11.2. The summed E-state index contributed by atoms with van der Waals surface area (Å²) >= 11 is 0. The minimum Gasteiger partial charge on any atom is -0.481 e. The number of alkyl halides is 5. The van der Waals surface area contributed by atoms with Crippen molar-refractivity contribution in [3.63, 3.8) is 0 Å². The SMILES string of the molecule is O=C(O)[C@@H]1C[C@H]1CC(F)(F)C(F)(F)F. The van der Waals surface area contributed by atoms with Crippen LogP contribution < -0.4 is 0 Å². The van der Waals surface area contributed by atoms with E-state index in [1.165, 1.54) is 0 Å². The van der Waals surface area contributed by atoms with E-state index in [-0.39, 0.29) is 6.42 Å². The summed E-state index contributed by atoms with van der Waals surface area (Å²) in [5.74, 6) is -8.18. The summed E-state index contributed by atoms with van der Waals surface area (Å²) in [6.45, 7) is 0. The molecule has 2 nitrogen and oxygen atoms in total. The van der Waals surface area contributed by atoms with E-state index in [1.807, 2.05) is 0 Å². The van der Waals surface area contributed by atoms with Gasteiger partial charge in [0.15, 0.2) is 0 Å². The molecule has 0 aliphatic heterocycles. The van der Waals surface area contributed by atoms with Crippen LogP contribution in [0.2, 0.25) is 0 Å². The minimum absolute atomic E-state index is 0.0962. The van der Waals surface area contributed by atoms with Gasteiger partial charge in [-0.3, -0.25) is 4.79 Å². The zero-order chi connectivity index (χ0) is 11.1. The van der Waals surface area contributed by atoms with Crippen LogP contribution in [0, 0.1) is 11.8 Å². The van der Waals surface area contributed by atoms with Gasteiger partial charge in [0.05, 0.1) is 5.92 Å². The highest BCUT2D eigenvalue weighted by Crippen LogP contribution is 2.50. The smallest absolute Gasteiger partial charge is 0.453 e. The van der Waals surface area contributed by atoms with Gasteiger partial charge in [0, 0.05) is 6.42 Å². The minimum atomic E-state index is -5.58. The van der Waals surface area contributed by atoms with Crippen LogP contribution in [0.4, 0.5) is 22.0 Å². The van der Waals surface area contributed by atoms with Crippen molar-refractivity contribution in [2.75, 3.05) is 0 Å². The molecule has 82 valence electrons. The van der Waals surface area contributed by atoms with Gasteiger partial charge in [-0.2, -0.15) is 22.0 Å². The summed E-state index contributed by atoms with van der Waals surface area (Å²) in [6.07, 6.45) is -7.10. The summed E-state index contributed by atoms with van der Waals surface area (Å²) in [5, 5.41) is 8.30. The summed E-state index contributed by atoms with van der Waals surface area (Å²) < 4.78 is 59.6. The van der Waals surface area contributed by atoms with Gasteiger partial charge >= 0.3 is 18.1 Å². The van der Waals surface area contributed by atoms with E-state index in [4.69, 9.17) is 5.11 Å². The Morgan fingerprint density at radius 3 is 2.07 bits per heavy atom. The molecule has 0 unspecified atom stereocenters. The maximum absolute atomic E-state index is 12.3. The fraction of sp³-hybridized carbons (Fsp3) is 0.857. The Kier molecular flexibility index (Phi) is 2.45. The number of carboxylic acid groups (broad SMARTS) is 1. The first-order valence-electron chi connectivity index (χ1n) is 3.82. The largest absolute Gasteiger partial charge is 0.481 e. The Morgan fingerprint density at radius 2 is 1.79 bits per heavy atom. The Bertz CT molecular complexity index is 247. The Hall–Kier alpha value is -0.880. The highest BCUT2D eigenvalue weighted by Gasteiger charge is 2.61. The summed E-state index contributed by atoms with van der Waals surface area (Å²) in [5.41, 5.74) is 0. The molecule has 0 radical (unpaired) electrons. The van der Waals surface area contributed by atoms with Gasteiger partial charge in [0.1, 0.15) is 0 Å². The number of carbonyl (C=O) groups is 1. The first-order valence-corrected chi connectivity index (χ1v) is 3.82. The monoisotopic (exact) mass is 218 g/mol. The van der Waals surface area contributed by atoms with Crippen molar-refractivity contribution in [1.82, 2.24) is 0 Å². The molecule has 0 saturated heterocycles. The van der Waals surface area contributed by atoms with Crippen LogP contribution in [-0.4, -0.2) is 23.2 Å². The standard InChI is InChI=1S/C7H7F5O2/c8-6(9,7(10,11)12)2-3-1-4(3)5(13)14/h3-4H,1-2H2,(H,13,14)/t3-,4+/m0/s1. The lowest BCUT2D eigenvalue weighted by molar-refractivity contribution is -0.286. The van der Waals surface area contributed by atoms with Gasteiger partial charge in [0.2, 0.25) is 0 Å². The van der Waals surface area contributed by atoms with Crippen molar-refractivity contribution in [1.29, 1.82) is 0 Å². The van der Waals surface area contributed by atoms with Crippen molar-refractivity contribution >= 4 is 5.97 Å². The van der Waals surface area contributed by atoms with Crippen LogP contribution in [0.1, 0.15) is 12.8 Å². The van der Waals surface area contributed by atoms with Gasteiger partial charge in [-0.1, -0.05) is 0 Å². The van der Waals surface area contributed by atoms with E-state index in [0.29, 0.717) is 0 Å². The zero-order valence-corrected chi connectivity index (χ0v) is 6.81. The summed E-state index contributed by atoms with van der Waals surface area (Å²) in [7, 11) is 0. The van der Waals surface area contributed by atoms with E-state index < -0.39 is 36.3 Å². The van der Waals surface area contributed by atoms with Crippen LogP contribution in [0.3, 0.4) is 0 Å². The number of rotatable bonds is 3. The van der Waals surface area contributed by atoms with Crippen LogP contribution in [0.25, 0.3) is 0 Å². The lowest BCUT2D eigenvalue weighted by Gasteiger charge is -2.18. The van der Waals surface area contributed by atoms with Gasteiger partial charge in [0.25, 0.3) is 0 Å². The Balaban J connectivity index is 2.51. The van der Waals surface area contributed by atoms with Crippen molar-refractivity contribution in [2.45, 2.75) is 24.9 Å². The molecule has 0 heterocycles. The summed E-state index contributed by atoms with van der Waals surface area (Å²) in [4.78, 5) is 10.2. The molecule has 14 heavy (non-hydrogen) atoms. The molecule has 0 aromatic carbocycles. The Labute approximate surface area is 75.7 Å². The topological polar surface area (TPSA) is 37.3 Å². The van der Waals surface area contributed by atoms with E-state index >= 15 is 0 Å². The van der Waals surface area contributed by atoms with E-state index in [0.717, 1.165) is 0 Å². The van der Waals surface area contributed by atoms with E-state index in [9.17, 15) is 26.7 Å². The molecule has 1 rings (SSSR count). The molecule has 1 aliphatic rings. The van der Waals surface area contributed by atoms with Crippen molar-refractivity contribution in [3.05, 3.63) is 0 Å². The molecule has 0 bridgehead atoms. The molecular weight excluding hydrogens is 211 g/mol. The fourth-order valence-corrected chi connectivity index (χ4v) is 1.22. The van der Waals surface area contributed by atoms with Crippen molar-refractivity contribution in [3.8, 4) is 0 Å². The van der Waals surface area contributed by atoms with Gasteiger partial charge in [-0.15, -0.1) is 0 Å². The molecule has 1 aliphatic carbocycles. The molecule has 2 atom stereocenters. The fourth-order valence-electron chi connectivity index (χ4n) is 1.22. The third-order valence-electron chi connectivity index (χ3n) is 2.17. The van der Waals surface area contributed by atoms with Crippen LogP contribution in [0.5, 0.6) is 0 Å². The highest BCUT2D eigenvalue weighted by atomic mass is 19.4. The second-order valence-electron chi connectivity index (χ2n) is 3.35. The highest BCUT2D eigenvalue weighted by molar-refractivity contribution is 5.73. The van der Waals surface area contributed by atoms with Crippen molar-refractivity contribution in [2.24, 2.45) is 11.8 Å². The maximum atomic E-state index is 12.3. The molecule has 0 amide bonds. The zero-order valence-electron chi connectivity index (χ0n) is 6.81. The average molecular weight is 218 g/mol. The summed E-state index contributed by atoms with van der Waals surface area (Å²) in [6, 6.07) is 0. The van der Waals surface area contributed by atoms with E-state index in [2.05, 4.69) is 0 Å². The molecule has 1 fully saturated rings. The van der Waals surface area contributed by atoms with Gasteiger partial charge < -0.3 is 5.11 Å². The lowest BCUT2D eigenvalue weighted by Crippen LogP contribution is -2.37. The number of aliphatic carboxylic acids is 1. The van der Waals surface area contributed by atoms with Crippen molar-refractivity contribution < 1.29 is 31.9 Å². The molecule has 0 aromatic rings. The van der Waals surface area contributed by atoms with Gasteiger partial charge in [-0.25, -0.2) is 0 Å². The van der Waals surface area contributed by atoms with Crippen LogP contribution in [-0.2, 0) is 4.79 Å². The normalized spacial score (nSPS) is 27.5. The van der Waals surface area contributed by atoms with Crippen LogP contribution in [0.15, 0.2) is 0 Å². The number of carboxylic acids is 1. The van der Waals surface area contributed by atoms with Crippen LogP contribution >= 0.6 is 0 Å². The molecule has 7 heteroatoms. The number of hydrogen-bond donors (Lipinski definition) is 1. The number of halogens is 5. The number of hydrogen-bond acceptors (Lipinski definition) is 1. The average Bonchev–Trinajstić information content (AvgIpc) is 2.63. The molecule has 1 saturated carbocycles. The lowest BCUT2D eigenvalue weighted by atomic mass is 10.1. The first-order chi connectivity index (χ1) is 6.15. The third kappa shape index (κ3) is 2.13. The molecular formula is C7H7F5O2.